The van der Waals surface area contributed by atoms with Crippen molar-refractivity contribution in [2.24, 2.45) is 0 Å². The number of ether oxygens (including phenoxy) is 1. The minimum absolute atomic E-state index is 0.000987. The Morgan fingerprint density at radius 3 is 2.37 bits per heavy atom. The van der Waals surface area contributed by atoms with Crippen LogP contribution in [-0.2, 0) is 14.4 Å². The quantitative estimate of drug-likeness (QED) is 0.309. The van der Waals surface area contributed by atoms with Crippen molar-refractivity contribution in [2.75, 3.05) is 17.3 Å². The highest BCUT2D eigenvalue weighted by Crippen LogP contribution is 2.32. The van der Waals surface area contributed by atoms with Gasteiger partial charge in [0.15, 0.2) is 5.16 Å². The topological polar surface area (TPSA) is 92.7 Å². The molecule has 2 heterocycles. The molecule has 9 heteroatoms. The van der Waals surface area contributed by atoms with Gasteiger partial charge in [-0.1, -0.05) is 31.0 Å². The number of benzene rings is 1. The summed E-state index contributed by atoms with van der Waals surface area (Å²) >= 11 is 1.28. The first kappa shape index (κ1) is 25.2. The molecule has 35 heavy (non-hydrogen) atoms. The number of nitrogens with zero attached hydrogens (tertiary/aromatic N) is 4. The smallest absolute Gasteiger partial charge is 0.257 e. The summed E-state index contributed by atoms with van der Waals surface area (Å²) in [6.45, 7) is 6.22. The molecule has 0 radical (unpaired) electrons. The van der Waals surface area contributed by atoms with Crippen LogP contribution in [-0.4, -0.2) is 57.0 Å². The molecule has 1 aliphatic heterocycles. The van der Waals surface area contributed by atoms with Gasteiger partial charge in [-0.25, -0.2) is 14.9 Å². The second-order valence-electron chi connectivity index (χ2n) is 9.03. The van der Waals surface area contributed by atoms with Gasteiger partial charge in [0.05, 0.1) is 24.5 Å². The number of hydrogen-bond donors (Lipinski definition) is 0. The monoisotopic (exact) mass is 496 g/mol. The highest BCUT2D eigenvalue weighted by atomic mass is 32.2. The van der Waals surface area contributed by atoms with Crippen LogP contribution in [0.3, 0.4) is 0 Å². The molecule has 1 aromatic heterocycles. The standard InChI is InChI=1S/C26H32N4O4S/c1-4-34-21-12-10-20(11-13-21)30-23(31)15-22(25(30)33)29(19-8-6-5-7-9-19)24(32)16-35-26-27-17(2)14-18(3)28-26/h10-14,19,22H,4-9,15-16H2,1-3H3. The molecule has 2 aromatic rings. The van der Waals surface area contributed by atoms with Crippen LogP contribution in [0.1, 0.15) is 56.8 Å². The van der Waals surface area contributed by atoms with Crippen LogP contribution in [0, 0.1) is 13.8 Å². The van der Waals surface area contributed by atoms with Crippen molar-refractivity contribution in [3.05, 3.63) is 41.7 Å². The van der Waals surface area contributed by atoms with Crippen molar-refractivity contribution in [1.82, 2.24) is 14.9 Å². The van der Waals surface area contributed by atoms with Gasteiger partial charge in [0, 0.05) is 17.4 Å². The molecular weight excluding hydrogens is 464 g/mol. The van der Waals surface area contributed by atoms with E-state index in [1.807, 2.05) is 26.8 Å². The van der Waals surface area contributed by atoms with Crippen molar-refractivity contribution in [3.8, 4) is 5.75 Å². The maximum Gasteiger partial charge on any atom is 0.257 e. The minimum Gasteiger partial charge on any atom is -0.494 e. The van der Waals surface area contributed by atoms with Gasteiger partial charge in [0.1, 0.15) is 11.8 Å². The molecule has 0 spiro atoms. The van der Waals surface area contributed by atoms with Crippen LogP contribution < -0.4 is 9.64 Å². The van der Waals surface area contributed by atoms with Gasteiger partial charge >= 0.3 is 0 Å². The molecule has 8 nitrogen and oxygen atoms in total. The molecule has 1 unspecified atom stereocenters. The molecule has 1 saturated heterocycles. The van der Waals surface area contributed by atoms with Crippen LogP contribution in [0.15, 0.2) is 35.5 Å². The van der Waals surface area contributed by atoms with Crippen molar-refractivity contribution >= 4 is 35.2 Å². The van der Waals surface area contributed by atoms with Gasteiger partial charge in [-0.2, -0.15) is 0 Å². The lowest BCUT2D eigenvalue weighted by Crippen LogP contribution is -2.52. The van der Waals surface area contributed by atoms with E-state index in [0.29, 0.717) is 23.2 Å². The molecule has 2 fully saturated rings. The second kappa shape index (κ2) is 11.2. The molecule has 1 aliphatic carbocycles. The van der Waals surface area contributed by atoms with E-state index in [1.165, 1.54) is 16.7 Å². The van der Waals surface area contributed by atoms with E-state index in [-0.39, 0.29) is 35.9 Å². The summed E-state index contributed by atoms with van der Waals surface area (Å²) in [5, 5.41) is 0.546. The van der Waals surface area contributed by atoms with Crippen LogP contribution in [0.5, 0.6) is 5.75 Å². The fraction of sp³-hybridized carbons (Fsp3) is 0.500. The Morgan fingerprint density at radius 1 is 1.09 bits per heavy atom. The predicted octanol–water partition coefficient (Wildman–Crippen LogP) is 4.08. The van der Waals surface area contributed by atoms with E-state index in [1.54, 1.807) is 29.2 Å². The van der Waals surface area contributed by atoms with Crippen molar-refractivity contribution in [2.45, 2.75) is 76.5 Å². The normalized spacial score (nSPS) is 18.7. The predicted molar refractivity (Wildman–Crippen MR) is 134 cm³/mol. The molecule has 0 N–H and O–H groups in total. The van der Waals surface area contributed by atoms with E-state index in [0.717, 1.165) is 43.5 Å². The first-order chi connectivity index (χ1) is 16.9. The van der Waals surface area contributed by atoms with Crippen molar-refractivity contribution in [1.29, 1.82) is 0 Å². The summed E-state index contributed by atoms with van der Waals surface area (Å²) < 4.78 is 5.47. The lowest BCUT2D eigenvalue weighted by Gasteiger charge is -2.37. The zero-order chi connectivity index (χ0) is 24.9. The summed E-state index contributed by atoms with van der Waals surface area (Å²) in [4.78, 5) is 51.8. The summed E-state index contributed by atoms with van der Waals surface area (Å²) in [5.41, 5.74) is 2.19. The van der Waals surface area contributed by atoms with Gasteiger partial charge in [-0.05, 0) is 63.9 Å². The number of amides is 3. The summed E-state index contributed by atoms with van der Waals surface area (Å²) in [6.07, 6.45) is 4.84. The van der Waals surface area contributed by atoms with E-state index < -0.39 is 6.04 Å². The molecule has 2 aliphatic rings. The molecule has 4 rings (SSSR count). The molecule has 1 saturated carbocycles. The van der Waals surface area contributed by atoms with Gasteiger partial charge in [-0.15, -0.1) is 0 Å². The highest BCUT2D eigenvalue weighted by molar-refractivity contribution is 7.99. The number of anilines is 1. The third kappa shape index (κ3) is 5.83. The Balaban J connectivity index is 1.54. The number of carbonyl (C=O) groups excluding carboxylic acids is 3. The third-order valence-electron chi connectivity index (χ3n) is 6.41. The van der Waals surface area contributed by atoms with E-state index >= 15 is 0 Å². The summed E-state index contributed by atoms with van der Waals surface area (Å²) in [7, 11) is 0. The Hall–Kier alpha value is -2.94. The van der Waals surface area contributed by atoms with Crippen LogP contribution in [0.25, 0.3) is 0 Å². The fourth-order valence-corrected chi connectivity index (χ4v) is 5.73. The number of carbonyl (C=O) groups is 3. The lowest BCUT2D eigenvalue weighted by molar-refractivity contribution is -0.139. The molecule has 3 amide bonds. The Morgan fingerprint density at radius 2 is 1.74 bits per heavy atom. The Kier molecular flexibility index (Phi) is 8.05. The first-order valence-electron chi connectivity index (χ1n) is 12.2. The van der Waals surface area contributed by atoms with Crippen LogP contribution in [0.4, 0.5) is 5.69 Å². The zero-order valence-corrected chi connectivity index (χ0v) is 21.3. The van der Waals surface area contributed by atoms with E-state index in [4.69, 9.17) is 4.74 Å². The molecule has 186 valence electrons. The molecular formula is C26H32N4O4S. The molecule has 0 bridgehead atoms. The number of aromatic nitrogens is 2. The fourth-order valence-electron chi connectivity index (χ4n) is 4.91. The number of rotatable bonds is 8. The second-order valence-corrected chi connectivity index (χ2v) is 9.97. The minimum atomic E-state index is -0.787. The van der Waals surface area contributed by atoms with E-state index in [2.05, 4.69) is 9.97 Å². The van der Waals surface area contributed by atoms with E-state index in [9.17, 15) is 14.4 Å². The van der Waals surface area contributed by atoms with Crippen molar-refractivity contribution < 1.29 is 19.1 Å². The maximum atomic E-state index is 13.5. The molecule has 1 atom stereocenters. The van der Waals surface area contributed by atoms with Gasteiger partial charge < -0.3 is 9.64 Å². The maximum absolute atomic E-state index is 13.5. The van der Waals surface area contributed by atoms with Crippen LogP contribution in [0.2, 0.25) is 0 Å². The zero-order valence-electron chi connectivity index (χ0n) is 20.5. The van der Waals surface area contributed by atoms with Gasteiger partial charge in [0.2, 0.25) is 11.8 Å². The lowest BCUT2D eigenvalue weighted by atomic mass is 9.92. The Labute approximate surface area is 210 Å². The summed E-state index contributed by atoms with van der Waals surface area (Å²) in [6, 6.07) is 7.98. The average molecular weight is 497 g/mol. The number of imide groups is 1. The average Bonchev–Trinajstić information content (AvgIpc) is 3.12. The van der Waals surface area contributed by atoms with Gasteiger partial charge in [-0.3, -0.25) is 14.4 Å². The highest BCUT2D eigenvalue weighted by Gasteiger charge is 2.46. The van der Waals surface area contributed by atoms with Crippen molar-refractivity contribution in [3.63, 3.8) is 0 Å². The third-order valence-corrected chi connectivity index (χ3v) is 7.24. The van der Waals surface area contributed by atoms with Crippen LogP contribution >= 0.6 is 11.8 Å². The number of hydrogen-bond acceptors (Lipinski definition) is 7. The van der Waals surface area contributed by atoms with Gasteiger partial charge in [0.25, 0.3) is 5.91 Å². The SMILES string of the molecule is CCOc1ccc(N2C(=O)CC(N(C(=O)CSc3nc(C)cc(C)n3)C3CCCCC3)C2=O)cc1. The number of aryl methyl sites for hydroxylation is 2. The first-order valence-corrected chi connectivity index (χ1v) is 13.2. The Bertz CT molecular complexity index is 1070. The molecule has 1 aromatic carbocycles. The largest absolute Gasteiger partial charge is 0.494 e. The summed E-state index contributed by atoms with van der Waals surface area (Å²) in [5.74, 6) is 0.0233. The number of thioether (sulfide) groups is 1.